The van der Waals surface area contributed by atoms with Crippen LogP contribution in [0.15, 0.2) is 6.20 Å². The first kappa shape index (κ1) is 13.8. The average Bonchev–Trinajstić information content (AvgIpc) is 3.09. The summed E-state index contributed by atoms with van der Waals surface area (Å²) < 4.78 is 5.01. The summed E-state index contributed by atoms with van der Waals surface area (Å²) in [4.78, 5) is 20.8. The number of hydrogen-bond acceptors (Lipinski definition) is 4. The largest absolute Gasteiger partial charge is 0.462 e. The number of esters is 1. The highest BCUT2D eigenvalue weighted by atomic mass is 35.5. The maximum Gasteiger partial charge on any atom is 0.341 e. The van der Waals surface area contributed by atoms with Crippen LogP contribution >= 0.6 is 11.6 Å². The van der Waals surface area contributed by atoms with Gasteiger partial charge < -0.3 is 4.74 Å². The first-order chi connectivity index (χ1) is 9.72. The lowest BCUT2D eigenvalue weighted by molar-refractivity contribution is 0.0524. The Morgan fingerprint density at radius 3 is 2.90 bits per heavy atom. The Balaban J connectivity index is 1.85. The third kappa shape index (κ3) is 2.41. The fourth-order valence-electron chi connectivity index (χ4n) is 3.65. The molecule has 1 heterocycles. The fraction of sp³-hybridized carbons (Fsp3) is 0.667. The second kappa shape index (κ2) is 5.68. The van der Waals surface area contributed by atoms with E-state index in [9.17, 15) is 4.79 Å². The van der Waals surface area contributed by atoms with Crippen LogP contribution in [0.5, 0.6) is 0 Å². The van der Waals surface area contributed by atoms with Crippen LogP contribution in [0.25, 0.3) is 0 Å². The molecule has 0 radical (unpaired) electrons. The van der Waals surface area contributed by atoms with Crippen molar-refractivity contribution in [2.75, 3.05) is 6.61 Å². The molecule has 20 heavy (non-hydrogen) atoms. The van der Waals surface area contributed by atoms with E-state index >= 15 is 0 Å². The molecule has 1 aromatic heterocycles. The van der Waals surface area contributed by atoms with Gasteiger partial charge in [0.25, 0.3) is 0 Å². The molecule has 0 saturated heterocycles. The fourth-order valence-corrected chi connectivity index (χ4v) is 3.86. The topological polar surface area (TPSA) is 52.1 Å². The van der Waals surface area contributed by atoms with E-state index in [1.54, 1.807) is 13.1 Å². The number of alkyl halides is 1. The summed E-state index contributed by atoms with van der Waals surface area (Å²) in [5.74, 6) is 2.70. The molecule has 5 heteroatoms. The number of rotatable bonds is 4. The third-order valence-electron chi connectivity index (χ3n) is 4.58. The van der Waals surface area contributed by atoms with Crippen molar-refractivity contribution < 1.29 is 9.53 Å². The summed E-state index contributed by atoms with van der Waals surface area (Å²) in [6, 6.07) is 0. The molecule has 3 rings (SSSR count). The molecule has 3 unspecified atom stereocenters. The van der Waals surface area contributed by atoms with Gasteiger partial charge in [0.15, 0.2) is 0 Å². The smallest absolute Gasteiger partial charge is 0.341 e. The minimum Gasteiger partial charge on any atom is -0.462 e. The molecule has 0 amide bonds. The number of hydrogen-bond donors (Lipinski definition) is 0. The van der Waals surface area contributed by atoms with E-state index in [0.29, 0.717) is 23.8 Å². The first-order valence-electron chi connectivity index (χ1n) is 7.31. The predicted octanol–water partition coefficient (Wildman–Crippen LogP) is 3.30. The minimum absolute atomic E-state index is 0.213. The Kier molecular flexibility index (Phi) is 3.92. The van der Waals surface area contributed by atoms with Gasteiger partial charge in [0, 0.05) is 12.1 Å². The Labute approximate surface area is 123 Å². The van der Waals surface area contributed by atoms with Gasteiger partial charge in [-0.1, -0.05) is 6.42 Å². The highest BCUT2D eigenvalue weighted by molar-refractivity contribution is 6.17. The van der Waals surface area contributed by atoms with Crippen LogP contribution in [0.3, 0.4) is 0 Å². The van der Waals surface area contributed by atoms with Crippen LogP contribution < -0.4 is 0 Å². The quantitative estimate of drug-likeness (QED) is 0.631. The van der Waals surface area contributed by atoms with Gasteiger partial charge in [0.05, 0.1) is 18.2 Å². The van der Waals surface area contributed by atoms with Crippen molar-refractivity contribution in [3.63, 3.8) is 0 Å². The Bertz CT molecular complexity index is 521. The molecule has 0 aliphatic heterocycles. The van der Waals surface area contributed by atoms with Crippen molar-refractivity contribution in [3.05, 3.63) is 23.3 Å². The van der Waals surface area contributed by atoms with Gasteiger partial charge >= 0.3 is 5.97 Å². The Hall–Kier alpha value is -1.16. The minimum atomic E-state index is -0.386. The summed E-state index contributed by atoms with van der Waals surface area (Å²) >= 11 is 5.94. The number of nitrogens with zero attached hydrogens (tertiary/aromatic N) is 2. The van der Waals surface area contributed by atoms with Crippen molar-refractivity contribution >= 4 is 17.6 Å². The number of ether oxygens (including phenoxy) is 1. The Morgan fingerprint density at radius 1 is 1.45 bits per heavy atom. The molecule has 4 nitrogen and oxygen atoms in total. The summed E-state index contributed by atoms with van der Waals surface area (Å²) in [7, 11) is 0. The van der Waals surface area contributed by atoms with Crippen LogP contribution in [0.4, 0.5) is 0 Å². The summed E-state index contributed by atoms with van der Waals surface area (Å²) in [5, 5.41) is 0. The molecule has 2 saturated carbocycles. The molecule has 3 atom stereocenters. The van der Waals surface area contributed by atoms with E-state index in [1.165, 1.54) is 25.7 Å². The van der Waals surface area contributed by atoms with Crippen LogP contribution in [0, 0.1) is 11.8 Å². The van der Waals surface area contributed by atoms with Crippen molar-refractivity contribution in [3.8, 4) is 0 Å². The van der Waals surface area contributed by atoms with Crippen molar-refractivity contribution in [1.82, 2.24) is 9.97 Å². The number of aromatic nitrogens is 2. The number of fused-ring (bicyclic) bond motifs is 2. The summed E-state index contributed by atoms with van der Waals surface area (Å²) in [6.45, 7) is 2.12. The van der Waals surface area contributed by atoms with E-state index in [-0.39, 0.29) is 11.8 Å². The van der Waals surface area contributed by atoms with Crippen molar-refractivity contribution in [1.29, 1.82) is 0 Å². The van der Waals surface area contributed by atoms with Gasteiger partial charge in [-0.15, -0.1) is 11.6 Å². The molecule has 0 spiro atoms. The van der Waals surface area contributed by atoms with Gasteiger partial charge in [-0.2, -0.15) is 0 Å². The van der Waals surface area contributed by atoms with Gasteiger partial charge in [0.2, 0.25) is 0 Å². The standard InChI is InChI=1S/C15H19ClN2O2/c1-2-20-15(19)12-8-17-14(18-13(12)7-16)11-6-9-3-4-10(11)5-9/h8-11H,2-7H2,1H3. The van der Waals surface area contributed by atoms with Crippen LogP contribution in [0.1, 0.15) is 60.4 Å². The molecule has 108 valence electrons. The number of carbonyl (C=O) groups is 1. The molecule has 2 bridgehead atoms. The van der Waals surface area contributed by atoms with Gasteiger partial charge in [-0.25, -0.2) is 14.8 Å². The lowest BCUT2D eigenvalue weighted by Gasteiger charge is -2.20. The van der Waals surface area contributed by atoms with E-state index in [0.717, 1.165) is 17.7 Å². The zero-order valence-electron chi connectivity index (χ0n) is 11.6. The molecule has 0 aromatic carbocycles. The zero-order chi connectivity index (χ0) is 14.1. The first-order valence-corrected chi connectivity index (χ1v) is 7.85. The van der Waals surface area contributed by atoms with Crippen LogP contribution in [-0.4, -0.2) is 22.5 Å². The Morgan fingerprint density at radius 2 is 2.30 bits per heavy atom. The van der Waals surface area contributed by atoms with E-state index < -0.39 is 0 Å². The molecule has 2 aliphatic carbocycles. The molecular formula is C15H19ClN2O2. The van der Waals surface area contributed by atoms with Crippen LogP contribution in [-0.2, 0) is 10.6 Å². The second-order valence-corrected chi connectivity index (χ2v) is 5.99. The van der Waals surface area contributed by atoms with Crippen LogP contribution in [0.2, 0.25) is 0 Å². The second-order valence-electron chi connectivity index (χ2n) is 5.72. The van der Waals surface area contributed by atoms with E-state index in [1.807, 2.05) is 0 Å². The molecule has 2 aliphatic rings. The SMILES string of the molecule is CCOC(=O)c1cnc(C2CC3CCC2C3)nc1CCl. The lowest BCUT2D eigenvalue weighted by Crippen LogP contribution is -2.16. The predicted molar refractivity (Wildman–Crippen MR) is 75.7 cm³/mol. The van der Waals surface area contributed by atoms with Gasteiger partial charge in [0.1, 0.15) is 11.4 Å². The molecule has 1 aromatic rings. The molecular weight excluding hydrogens is 276 g/mol. The number of carbonyl (C=O) groups excluding carboxylic acids is 1. The average molecular weight is 295 g/mol. The molecule has 0 N–H and O–H groups in total. The van der Waals surface area contributed by atoms with Crippen molar-refractivity contribution in [2.45, 2.75) is 44.4 Å². The van der Waals surface area contributed by atoms with Gasteiger partial charge in [-0.05, 0) is 38.0 Å². The zero-order valence-corrected chi connectivity index (χ0v) is 12.4. The van der Waals surface area contributed by atoms with E-state index in [4.69, 9.17) is 16.3 Å². The van der Waals surface area contributed by atoms with Crippen molar-refractivity contribution in [2.24, 2.45) is 11.8 Å². The summed E-state index contributed by atoms with van der Waals surface area (Å²) in [6.07, 6.45) is 6.72. The third-order valence-corrected chi connectivity index (χ3v) is 4.83. The summed E-state index contributed by atoms with van der Waals surface area (Å²) in [5.41, 5.74) is 0.992. The van der Waals surface area contributed by atoms with Gasteiger partial charge in [-0.3, -0.25) is 0 Å². The monoisotopic (exact) mass is 294 g/mol. The highest BCUT2D eigenvalue weighted by Crippen LogP contribution is 2.52. The van der Waals surface area contributed by atoms with E-state index in [2.05, 4.69) is 9.97 Å². The lowest BCUT2D eigenvalue weighted by atomic mass is 9.88. The highest BCUT2D eigenvalue weighted by Gasteiger charge is 2.41. The molecule has 2 fully saturated rings. The maximum atomic E-state index is 11.8. The number of halogens is 1. The normalized spacial score (nSPS) is 27.8. The maximum absolute atomic E-state index is 11.8.